The molecule has 0 aromatic rings. The van der Waals surface area contributed by atoms with Gasteiger partial charge in [-0.2, -0.15) is 0 Å². The van der Waals surface area contributed by atoms with E-state index < -0.39 is 8.07 Å². The van der Waals surface area contributed by atoms with E-state index in [9.17, 15) is 4.79 Å². The summed E-state index contributed by atoms with van der Waals surface area (Å²) in [7, 11) is -1.40. The number of hydrogen-bond acceptors (Lipinski definition) is 1. The lowest BCUT2D eigenvalue weighted by atomic mass is 9.94. The molecule has 0 saturated carbocycles. The average Bonchev–Trinajstić information content (AvgIpc) is 2.21. The third kappa shape index (κ3) is 6.40. The van der Waals surface area contributed by atoms with Gasteiger partial charge in [0.15, 0.2) is 0 Å². The Bertz CT molecular complexity index is 238. The second-order valence-electron chi connectivity index (χ2n) is 7.21. The maximum Gasteiger partial charge on any atom is 0.133 e. The predicted molar refractivity (Wildman–Crippen MR) is 80.3 cm³/mol. The molecule has 2 heteroatoms. The van der Waals surface area contributed by atoms with Gasteiger partial charge in [-0.25, -0.2) is 0 Å². The van der Waals surface area contributed by atoms with Crippen LogP contribution in [0.15, 0.2) is 0 Å². The Balaban J connectivity index is 4.65. The summed E-state index contributed by atoms with van der Waals surface area (Å²) >= 11 is 0. The lowest BCUT2D eigenvalue weighted by Gasteiger charge is -2.34. The Morgan fingerprint density at radius 3 is 2.06 bits per heavy atom. The van der Waals surface area contributed by atoms with Crippen LogP contribution in [0.3, 0.4) is 0 Å². The first kappa shape index (κ1) is 16.9. The molecule has 0 aromatic carbocycles. The zero-order valence-corrected chi connectivity index (χ0v) is 14.0. The van der Waals surface area contributed by atoms with Crippen LogP contribution < -0.4 is 0 Å². The fourth-order valence-corrected chi connectivity index (χ4v) is 6.28. The average molecular weight is 257 g/mol. The lowest BCUT2D eigenvalue weighted by Crippen LogP contribution is -2.37. The highest BCUT2D eigenvalue weighted by molar-refractivity contribution is 6.81. The van der Waals surface area contributed by atoms with Gasteiger partial charge >= 0.3 is 0 Å². The zero-order chi connectivity index (χ0) is 13.7. The van der Waals surface area contributed by atoms with Gasteiger partial charge in [-0.3, -0.25) is 4.79 Å². The van der Waals surface area contributed by atoms with Crippen LogP contribution in [0.4, 0.5) is 0 Å². The van der Waals surface area contributed by atoms with Gasteiger partial charge in [-0.15, -0.1) is 0 Å². The molecule has 102 valence electrons. The van der Waals surface area contributed by atoms with E-state index in [1.54, 1.807) is 0 Å². The van der Waals surface area contributed by atoms with Crippen molar-refractivity contribution in [1.82, 2.24) is 0 Å². The summed E-state index contributed by atoms with van der Waals surface area (Å²) in [6.45, 7) is 15.9. The molecule has 0 bridgehead atoms. The van der Waals surface area contributed by atoms with Crippen molar-refractivity contribution in [1.29, 1.82) is 0 Å². The maximum absolute atomic E-state index is 12.1. The van der Waals surface area contributed by atoms with E-state index in [-0.39, 0.29) is 0 Å². The highest BCUT2D eigenvalue weighted by Crippen LogP contribution is 2.36. The Kier molecular flexibility index (Phi) is 6.68. The van der Waals surface area contributed by atoms with E-state index in [1.165, 1.54) is 12.5 Å². The minimum atomic E-state index is -1.40. The van der Waals surface area contributed by atoms with Gasteiger partial charge in [0.25, 0.3) is 0 Å². The van der Waals surface area contributed by atoms with Crippen molar-refractivity contribution in [2.45, 2.75) is 85.0 Å². The van der Waals surface area contributed by atoms with E-state index >= 15 is 0 Å². The van der Waals surface area contributed by atoms with Gasteiger partial charge in [0.2, 0.25) is 0 Å². The van der Waals surface area contributed by atoms with Gasteiger partial charge in [-0.1, -0.05) is 66.6 Å². The molecule has 0 amide bonds. The van der Waals surface area contributed by atoms with Gasteiger partial charge in [-0.05, 0) is 11.8 Å². The van der Waals surface area contributed by atoms with E-state index in [4.69, 9.17) is 0 Å². The molecule has 17 heavy (non-hydrogen) atoms. The van der Waals surface area contributed by atoms with Gasteiger partial charge in [0, 0.05) is 12.0 Å². The number of ketones is 1. The zero-order valence-electron chi connectivity index (χ0n) is 13.0. The summed E-state index contributed by atoms with van der Waals surface area (Å²) in [5.74, 6) is 0.512. The Morgan fingerprint density at radius 2 is 1.71 bits per heavy atom. The number of carbonyl (C=O) groups excluding carboxylic acids is 1. The fraction of sp³-hybridized carbons (Fsp3) is 0.933. The first-order valence-corrected chi connectivity index (χ1v) is 10.4. The van der Waals surface area contributed by atoms with E-state index in [2.05, 4.69) is 40.8 Å². The first-order chi connectivity index (χ1) is 7.64. The summed E-state index contributed by atoms with van der Waals surface area (Å²) in [5, 5.41) is 0. The number of hydrogen-bond donors (Lipinski definition) is 0. The van der Waals surface area contributed by atoms with Crippen LogP contribution in [0.2, 0.25) is 24.7 Å². The topological polar surface area (TPSA) is 17.1 Å². The van der Waals surface area contributed by atoms with Crippen LogP contribution in [0.5, 0.6) is 0 Å². The number of carbonyl (C=O) groups is 1. The van der Waals surface area contributed by atoms with Crippen molar-refractivity contribution in [3.63, 3.8) is 0 Å². The highest BCUT2D eigenvalue weighted by atomic mass is 28.3. The molecular weight excluding hydrogens is 224 g/mol. The van der Waals surface area contributed by atoms with Crippen molar-refractivity contribution >= 4 is 13.9 Å². The number of Topliss-reactive ketones (excluding diaryl/α,β-unsaturated/α-hetero) is 1. The quantitative estimate of drug-likeness (QED) is 0.566. The number of rotatable bonds is 7. The van der Waals surface area contributed by atoms with Gasteiger partial charge in [0.1, 0.15) is 5.78 Å². The van der Waals surface area contributed by atoms with Crippen LogP contribution in [0.25, 0.3) is 0 Å². The largest absolute Gasteiger partial charge is 0.300 e. The summed E-state index contributed by atoms with van der Waals surface area (Å²) in [6, 6.07) is 1.28. The van der Waals surface area contributed by atoms with Crippen LogP contribution in [-0.4, -0.2) is 13.9 Å². The SMILES string of the molecule is CCC[C@@H](C(=O)CC)[Si](C)(C)CCC(C)(C)C. The van der Waals surface area contributed by atoms with E-state index in [1.807, 2.05) is 6.92 Å². The molecule has 0 aliphatic rings. The third-order valence-electron chi connectivity index (χ3n) is 3.78. The van der Waals surface area contributed by atoms with E-state index in [0.29, 0.717) is 16.7 Å². The van der Waals surface area contributed by atoms with Gasteiger partial charge in [0.05, 0.1) is 8.07 Å². The molecule has 0 saturated heterocycles. The predicted octanol–water partition coefficient (Wildman–Crippen LogP) is 5.28. The molecule has 0 N–H and O–H groups in total. The Hall–Kier alpha value is -0.113. The molecule has 0 aliphatic heterocycles. The molecule has 0 radical (unpaired) electrons. The minimum absolute atomic E-state index is 0.389. The summed E-state index contributed by atoms with van der Waals surface area (Å²) in [6.07, 6.45) is 4.22. The third-order valence-corrected chi connectivity index (χ3v) is 7.81. The normalized spacial score (nSPS) is 14.8. The van der Waals surface area contributed by atoms with Crippen molar-refractivity contribution in [3.05, 3.63) is 0 Å². The summed E-state index contributed by atoms with van der Waals surface area (Å²) < 4.78 is 0. The van der Waals surface area contributed by atoms with E-state index in [0.717, 1.165) is 19.3 Å². The molecule has 1 atom stereocenters. The van der Waals surface area contributed by atoms with Gasteiger partial charge < -0.3 is 0 Å². The second-order valence-corrected chi connectivity index (χ2v) is 12.4. The summed E-state index contributed by atoms with van der Waals surface area (Å²) in [5.41, 5.74) is 0.788. The second kappa shape index (κ2) is 6.72. The molecule has 0 heterocycles. The summed E-state index contributed by atoms with van der Waals surface area (Å²) in [4.78, 5) is 12.1. The van der Waals surface area contributed by atoms with Crippen LogP contribution in [0, 0.1) is 5.41 Å². The van der Waals surface area contributed by atoms with Crippen LogP contribution in [0.1, 0.15) is 60.3 Å². The highest BCUT2D eigenvalue weighted by Gasteiger charge is 2.35. The maximum atomic E-state index is 12.1. The molecule has 0 spiro atoms. The standard InChI is InChI=1S/C15H32OSi/c1-8-10-14(13(16)9-2)17(6,7)12-11-15(3,4)5/h14H,8-12H2,1-7H3/t14-/m0/s1. The monoisotopic (exact) mass is 256 g/mol. The molecule has 0 fully saturated rings. The van der Waals surface area contributed by atoms with Crippen molar-refractivity contribution in [2.75, 3.05) is 0 Å². The molecule has 0 aromatic heterocycles. The Labute approximate surface area is 109 Å². The molecule has 1 nitrogen and oxygen atoms in total. The Morgan fingerprint density at radius 1 is 1.18 bits per heavy atom. The fourth-order valence-electron chi connectivity index (χ4n) is 2.39. The smallest absolute Gasteiger partial charge is 0.133 e. The van der Waals surface area contributed by atoms with Crippen molar-refractivity contribution in [2.24, 2.45) is 5.41 Å². The molecule has 0 rings (SSSR count). The van der Waals surface area contributed by atoms with Crippen molar-refractivity contribution in [3.8, 4) is 0 Å². The first-order valence-electron chi connectivity index (χ1n) is 7.16. The lowest BCUT2D eigenvalue weighted by molar-refractivity contribution is -0.118. The minimum Gasteiger partial charge on any atom is -0.300 e. The molecular formula is C15H32OSi. The molecule has 0 unspecified atom stereocenters. The van der Waals surface area contributed by atoms with Crippen LogP contribution in [-0.2, 0) is 4.79 Å². The van der Waals surface area contributed by atoms with Crippen LogP contribution >= 0.6 is 0 Å². The van der Waals surface area contributed by atoms with Crippen molar-refractivity contribution < 1.29 is 4.79 Å². The molecule has 0 aliphatic carbocycles.